The molecule has 0 spiro atoms. The van der Waals surface area contributed by atoms with Crippen LogP contribution in [0.1, 0.15) is 11.6 Å². The predicted molar refractivity (Wildman–Crippen MR) is 34.1 cm³/mol. The Morgan fingerprint density at radius 2 is 2.50 bits per heavy atom. The summed E-state index contributed by atoms with van der Waals surface area (Å²) in [5.41, 5.74) is 5.95. The van der Waals surface area contributed by atoms with E-state index in [1.807, 2.05) is 0 Å². The summed E-state index contributed by atoms with van der Waals surface area (Å²) in [6, 6.07) is 0. The molecule has 0 saturated heterocycles. The van der Waals surface area contributed by atoms with Crippen molar-refractivity contribution in [2.75, 3.05) is 6.54 Å². The summed E-state index contributed by atoms with van der Waals surface area (Å²) in [6.07, 6.45) is 2.07. The van der Waals surface area contributed by atoms with Crippen molar-refractivity contribution in [3.63, 3.8) is 0 Å². The van der Waals surface area contributed by atoms with E-state index in [9.17, 15) is 4.39 Å². The van der Waals surface area contributed by atoms with Gasteiger partial charge in [-0.2, -0.15) is 0 Å². The fourth-order valence-corrected chi connectivity index (χ4v) is 0.673. The Bertz CT molecular complexity index is 199. The van der Waals surface area contributed by atoms with Gasteiger partial charge in [0.2, 0.25) is 5.89 Å². The number of rotatable bonds is 3. The Kier molecular flexibility index (Phi) is 2.39. The van der Waals surface area contributed by atoms with Gasteiger partial charge in [0, 0.05) is 6.42 Å². The monoisotopic (exact) mass is 144 g/mol. The minimum absolute atomic E-state index is 0.128. The maximum Gasteiger partial charge on any atom is 0.225 e. The van der Waals surface area contributed by atoms with E-state index in [2.05, 4.69) is 4.98 Å². The fraction of sp³-hybridized carbons (Fsp3) is 0.500. The molecule has 0 aliphatic heterocycles. The molecule has 1 rings (SSSR count). The SMILES string of the molecule is NCCc1coc(CF)n1. The molecule has 0 aromatic carbocycles. The zero-order chi connectivity index (χ0) is 7.40. The zero-order valence-electron chi connectivity index (χ0n) is 5.51. The van der Waals surface area contributed by atoms with Crippen LogP contribution in [0.3, 0.4) is 0 Å². The minimum atomic E-state index is -0.648. The zero-order valence-corrected chi connectivity index (χ0v) is 5.51. The molecule has 0 unspecified atom stereocenters. The van der Waals surface area contributed by atoms with Crippen LogP contribution in [-0.2, 0) is 13.1 Å². The summed E-state index contributed by atoms with van der Waals surface area (Å²) in [6.45, 7) is -0.136. The van der Waals surface area contributed by atoms with E-state index in [1.165, 1.54) is 6.26 Å². The number of aromatic nitrogens is 1. The molecular weight excluding hydrogens is 135 g/mol. The molecule has 0 radical (unpaired) electrons. The second-order valence-electron chi connectivity index (χ2n) is 1.90. The molecule has 2 N–H and O–H groups in total. The highest BCUT2D eigenvalue weighted by atomic mass is 19.1. The highest BCUT2D eigenvalue weighted by Crippen LogP contribution is 2.02. The lowest BCUT2D eigenvalue weighted by Crippen LogP contribution is -2.02. The van der Waals surface area contributed by atoms with Gasteiger partial charge in [0.15, 0.2) is 6.67 Å². The first kappa shape index (κ1) is 7.21. The Hall–Kier alpha value is -0.900. The van der Waals surface area contributed by atoms with E-state index >= 15 is 0 Å². The van der Waals surface area contributed by atoms with Gasteiger partial charge in [-0.3, -0.25) is 0 Å². The Morgan fingerprint density at radius 1 is 1.70 bits per heavy atom. The van der Waals surface area contributed by atoms with Crippen LogP contribution in [0.25, 0.3) is 0 Å². The third-order valence-electron chi connectivity index (χ3n) is 1.11. The summed E-state index contributed by atoms with van der Waals surface area (Å²) in [4.78, 5) is 3.80. The molecule has 4 heteroatoms. The lowest BCUT2D eigenvalue weighted by atomic mass is 10.3. The van der Waals surface area contributed by atoms with Crippen molar-refractivity contribution in [2.24, 2.45) is 5.73 Å². The van der Waals surface area contributed by atoms with Crippen molar-refractivity contribution in [3.05, 3.63) is 17.8 Å². The molecule has 0 amide bonds. The molecule has 0 atom stereocenters. The number of hydrogen-bond acceptors (Lipinski definition) is 3. The summed E-state index contributed by atoms with van der Waals surface area (Å²) in [5, 5.41) is 0. The van der Waals surface area contributed by atoms with Gasteiger partial charge in [0.05, 0.1) is 5.69 Å². The highest BCUT2D eigenvalue weighted by molar-refractivity contribution is 4.95. The third kappa shape index (κ3) is 1.54. The van der Waals surface area contributed by atoms with Crippen molar-refractivity contribution in [1.29, 1.82) is 0 Å². The molecule has 0 fully saturated rings. The molecule has 0 saturated carbocycles. The lowest BCUT2D eigenvalue weighted by Gasteiger charge is -1.84. The number of alkyl halides is 1. The normalized spacial score (nSPS) is 10.2. The number of nitrogens with two attached hydrogens (primary N) is 1. The first-order valence-corrected chi connectivity index (χ1v) is 3.06. The van der Waals surface area contributed by atoms with E-state index in [4.69, 9.17) is 10.2 Å². The van der Waals surface area contributed by atoms with Crippen molar-refractivity contribution in [1.82, 2.24) is 4.98 Å². The van der Waals surface area contributed by atoms with Crippen molar-refractivity contribution >= 4 is 0 Å². The number of halogens is 1. The molecule has 10 heavy (non-hydrogen) atoms. The van der Waals surface area contributed by atoms with Gasteiger partial charge in [-0.05, 0) is 6.54 Å². The van der Waals surface area contributed by atoms with Crippen LogP contribution in [0.15, 0.2) is 10.7 Å². The molecule has 0 aliphatic rings. The van der Waals surface area contributed by atoms with Crippen molar-refractivity contribution < 1.29 is 8.81 Å². The van der Waals surface area contributed by atoms with Gasteiger partial charge in [0.25, 0.3) is 0 Å². The Morgan fingerprint density at radius 3 is 3.00 bits per heavy atom. The van der Waals surface area contributed by atoms with Gasteiger partial charge < -0.3 is 10.2 Å². The van der Waals surface area contributed by atoms with Crippen LogP contribution < -0.4 is 5.73 Å². The first-order chi connectivity index (χ1) is 4.86. The van der Waals surface area contributed by atoms with Gasteiger partial charge in [-0.1, -0.05) is 0 Å². The average Bonchev–Trinajstić information content (AvgIpc) is 2.37. The molecule has 3 nitrogen and oxygen atoms in total. The Balaban J connectivity index is 2.59. The topological polar surface area (TPSA) is 52.0 Å². The smallest absolute Gasteiger partial charge is 0.225 e. The third-order valence-corrected chi connectivity index (χ3v) is 1.11. The quantitative estimate of drug-likeness (QED) is 0.677. The van der Waals surface area contributed by atoms with Crippen LogP contribution >= 0.6 is 0 Å². The van der Waals surface area contributed by atoms with Crippen LogP contribution in [0, 0.1) is 0 Å². The van der Waals surface area contributed by atoms with E-state index in [0.29, 0.717) is 13.0 Å². The van der Waals surface area contributed by atoms with Crippen molar-refractivity contribution in [3.8, 4) is 0 Å². The van der Waals surface area contributed by atoms with Gasteiger partial charge >= 0.3 is 0 Å². The minimum Gasteiger partial charge on any atom is -0.446 e. The molecule has 1 aromatic heterocycles. The van der Waals surface area contributed by atoms with E-state index < -0.39 is 6.67 Å². The largest absolute Gasteiger partial charge is 0.446 e. The standard InChI is InChI=1S/C6H9FN2O/c7-3-6-9-5(1-2-8)4-10-6/h4H,1-3,8H2. The molecule has 0 bridgehead atoms. The van der Waals surface area contributed by atoms with Gasteiger partial charge in [0.1, 0.15) is 6.26 Å². The second kappa shape index (κ2) is 3.31. The summed E-state index contributed by atoms with van der Waals surface area (Å²) < 4.78 is 16.5. The predicted octanol–water partition coefficient (Wildman–Crippen LogP) is 0.645. The number of hydrogen-bond donors (Lipinski definition) is 1. The van der Waals surface area contributed by atoms with Gasteiger partial charge in [-0.25, -0.2) is 9.37 Å². The van der Waals surface area contributed by atoms with Crippen LogP contribution in [0.4, 0.5) is 4.39 Å². The van der Waals surface area contributed by atoms with Crippen LogP contribution in [-0.4, -0.2) is 11.5 Å². The first-order valence-electron chi connectivity index (χ1n) is 3.06. The molecular formula is C6H9FN2O. The highest BCUT2D eigenvalue weighted by Gasteiger charge is 2.00. The summed E-state index contributed by atoms with van der Waals surface area (Å²) >= 11 is 0. The maximum atomic E-state index is 11.8. The summed E-state index contributed by atoms with van der Waals surface area (Å²) in [7, 11) is 0. The van der Waals surface area contributed by atoms with E-state index in [-0.39, 0.29) is 5.89 Å². The molecule has 56 valence electrons. The Labute approximate surface area is 58.0 Å². The molecule has 1 heterocycles. The molecule has 0 aliphatic carbocycles. The summed E-state index contributed by atoms with van der Waals surface area (Å²) in [5.74, 6) is 0.128. The van der Waals surface area contributed by atoms with Crippen LogP contribution in [0.5, 0.6) is 0 Å². The van der Waals surface area contributed by atoms with Crippen LogP contribution in [0.2, 0.25) is 0 Å². The fourth-order valence-electron chi connectivity index (χ4n) is 0.673. The maximum absolute atomic E-state index is 11.8. The van der Waals surface area contributed by atoms with E-state index in [0.717, 1.165) is 5.69 Å². The number of nitrogens with zero attached hydrogens (tertiary/aromatic N) is 1. The second-order valence-corrected chi connectivity index (χ2v) is 1.90. The lowest BCUT2D eigenvalue weighted by molar-refractivity contribution is 0.380. The van der Waals surface area contributed by atoms with E-state index in [1.54, 1.807) is 0 Å². The number of oxazole rings is 1. The van der Waals surface area contributed by atoms with Gasteiger partial charge in [-0.15, -0.1) is 0 Å². The van der Waals surface area contributed by atoms with Crippen molar-refractivity contribution in [2.45, 2.75) is 13.1 Å². The molecule has 1 aromatic rings. The average molecular weight is 144 g/mol.